The van der Waals surface area contributed by atoms with Crippen molar-refractivity contribution in [2.45, 2.75) is 52.1 Å². The van der Waals surface area contributed by atoms with E-state index >= 15 is 0 Å². The van der Waals surface area contributed by atoms with Gasteiger partial charge in [0.2, 0.25) is 0 Å². The molecule has 4 rings (SSSR count). The topological polar surface area (TPSA) is 82.9 Å². The number of H-pyrrole nitrogens is 1. The molecule has 0 saturated heterocycles. The number of aromatic amines is 1. The van der Waals surface area contributed by atoms with E-state index in [1.54, 1.807) is 12.1 Å². The van der Waals surface area contributed by atoms with Gasteiger partial charge in [0.25, 0.3) is 0 Å². The average Bonchev–Trinajstić information content (AvgIpc) is 3.21. The molecule has 3 heterocycles. The van der Waals surface area contributed by atoms with Gasteiger partial charge in [0, 0.05) is 43.2 Å². The smallest absolute Gasteiger partial charge is 0.191 e. The number of hydrogen-bond acceptors (Lipinski definition) is 3. The molecule has 3 N–H and O–H groups in total. The number of guanidine groups is 1. The Morgan fingerprint density at radius 3 is 3.00 bits per heavy atom. The van der Waals surface area contributed by atoms with E-state index in [2.05, 4.69) is 30.4 Å². The Bertz CT molecular complexity index is 995. The first-order chi connectivity index (χ1) is 14.2. The molecular formula is C21H29FIN7. The minimum absolute atomic E-state index is 0. The van der Waals surface area contributed by atoms with Crippen LogP contribution in [0.25, 0.3) is 10.9 Å². The number of halogens is 2. The van der Waals surface area contributed by atoms with Gasteiger partial charge < -0.3 is 20.2 Å². The average molecular weight is 525 g/mol. The van der Waals surface area contributed by atoms with Crippen molar-refractivity contribution >= 4 is 40.8 Å². The van der Waals surface area contributed by atoms with E-state index < -0.39 is 0 Å². The van der Waals surface area contributed by atoms with E-state index in [0.717, 1.165) is 60.0 Å². The molecule has 0 radical (unpaired) electrons. The Hall–Kier alpha value is -2.17. The normalized spacial score (nSPS) is 14.1. The molecular weight excluding hydrogens is 496 g/mol. The van der Waals surface area contributed by atoms with Crippen molar-refractivity contribution in [3.63, 3.8) is 0 Å². The van der Waals surface area contributed by atoms with E-state index in [0.29, 0.717) is 13.1 Å². The number of hydrogen-bond donors (Lipinski definition) is 3. The van der Waals surface area contributed by atoms with Crippen LogP contribution in [0.5, 0.6) is 0 Å². The second-order valence-electron chi connectivity index (χ2n) is 7.37. The van der Waals surface area contributed by atoms with Crippen LogP contribution in [0.4, 0.5) is 4.39 Å². The van der Waals surface area contributed by atoms with Crippen LogP contribution in [-0.4, -0.2) is 38.8 Å². The molecule has 7 nitrogen and oxygen atoms in total. The van der Waals surface area contributed by atoms with Gasteiger partial charge in [0.15, 0.2) is 11.8 Å². The fourth-order valence-electron chi connectivity index (χ4n) is 3.83. The first-order valence-electron chi connectivity index (χ1n) is 10.4. The van der Waals surface area contributed by atoms with Crippen molar-refractivity contribution < 1.29 is 4.39 Å². The summed E-state index contributed by atoms with van der Waals surface area (Å²) in [6.45, 7) is 5.01. The summed E-state index contributed by atoms with van der Waals surface area (Å²) < 4.78 is 15.8. The van der Waals surface area contributed by atoms with Gasteiger partial charge in [-0.05, 0) is 49.9 Å². The van der Waals surface area contributed by atoms with Crippen LogP contribution < -0.4 is 10.6 Å². The van der Waals surface area contributed by atoms with Crippen LogP contribution in [0.3, 0.4) is 0 Å². The minimum atomic E-state index is -0.214. The molecule has 0 amide bonds. The predicted octanol–water partition coefficient (Wildman–Crippen LogP) is 3.54. The maximum absolute atomic E-state index is 13.6. The molecule has 30 heavy (non-hydrogen) atoms. The maximum Gasteiger partial charge on any atom is 0.191 e. The summed E-state index contributed by atoms with van der Waals surface area (Å²) in [5.74, 6) is 2.54. The molecule has 3 aromatic rings. The highest BCUT2D eigenvalue weighted by atomic mass is 127. The van der Waals surface area contributed by atoms with E-state index in [4.69, 9.17) is 4.99 Å². The Labute approximate surface area is 193 Å². The van der Waals surface area contributed by atoms with Gasteiger partial charge in [-0.15, -0.1) is 34.2 Å². The van der Waals surface area contributed by atoms with Gasteiger partial charge in [-0.1, -0.05) is 6.42 Å². The van der Waals surface area contributed by atoms with Crippen molar-refractivity contribution in [1.29, 1.82) is 0 Å². The number of nitrogens with one attached hydrogen (secondary N) is 3. The lowest BCUT2D eigenvalue weighted by Gasteiger charge is -2.11. The number of aliphatic imine (C=N–C) groups is 1. The Kier molecular flexibility index (Phi) is 8.06. The van der Waals surface area contributed by atoms with Crippen molar-refractivity contribution in [3.05, 3.63) is 47.4 Å². The third kappa shape index (κ3) is 5.30. The van der Waals surface area contributed by atoms with Gasteiger partial charge in [-0.25, -0.2) is 9.38 Å². The van der Waals surface area contributed by atoms with Crippen LogP contribution in [-0.2, 0) is 25.9 Å². The second-order valence-corrected chi connectivity index (χ2v) is 7.37. The molecule has 0 aliphatic carbocycles. The molecule has 162 valence electrons. The lowest BCUT2D eigenvalue weighted by atomic mass is 10.1. The summed E-state index contributed by atoms with van der Waals surface area (Å²) in [7, 11) is 0. The van der Waals surface area contributed by atoms with Gasteiger partial charge >= 0.3 is 0 Å². The third-order valence-electron chi connectivity index (χ3n) is 5.33. The van der Waals surface area contributed by atoms with Crippen LogP contribution in [0.2, 0.25) is 0 Å². The fraction of sp³-hybridized carbons (Fsp3) is 0.476. The van der Waals surface area contributed by atoms with Crippen LogP contribution in [0.15, 0.2) is 29.4 Å². The van der Waals surface area contributed by atoms with E-state index in [1.807, 2.05) is 13.1 Å². The molecule has 1 aliphatic heterocycles. The van der Waals surface area contributed by atoms with E-state index in [9.17, 15) is 4.39 Å². The standard InChI is InChI=1S/C21H28FN7.HI/c1-2-23-21(26-14-20-28-27-19-6-4-3-5-11-29(19)20)24-10-9-15-13-25-18-8-7-16(22)12-17(15)18;/h7-8,12-13,25H,2-6,9-11,14H2,1H3,(H2,23,24,26);1H. The van der Waals surface area contributed by atoms with Crippen LogP contribution in [0, 0.1) is 5.82 Å². The summed E-state index contributed by atoms with van der Waals surface area (Å²) in [5, 5.41) is 16.3. The van der Waals surface area contributed by atoms with Gasteiger partial charge in [-0.2, -0.15) is 0 Å². The zero-order chi connectivity index (χ0) is 20.1. The van der Waals surface area contributed by atoms with E-state index in [-0.39, 0.29) is 29.8 Å². The molecule has 0 atom stereocenters. The Balaban J connectivity index is 0.00000256. The Morgan fingerprint density at radius 2 is 2.13 bits per heavy atom. The molecule has 0 unspecified atom stereocenters. The summed E-state index contributed by atoms with van der Waals surface area (Å²) in [6, 6.07) is 4.83. The van der Waals surface area contributed by atoms with Crippen molar-refractivity contribution in [1.82, 2.24) is 30.4 Å². The monoisotopic (exact) mass is 525 g/mol. The fourth-order valence-corrected chi connectivity index (χ4v) is 3.83. The largest absolute Gasteiger partial charge is 0.361 e. The van der Waals surface area contributed by atoms with Gasteiger partial charge in [0.05, 0.1) is 0 Å². The zero-order valence-corrected chi connectivity index (χ0v) is 19.6. The SMILES string of the molecule is CCNC(=NCc1nnc2n1CCCCC2)NCCc1c[nH]c2ccc(F)cc12.I. The zero-order valence-electron chi connectivity index (χ0n) is 17.2. The summed E-state index contributed by atoms with van der Waals surface area (Å²) in [6.07, 6.45) is 7.32. The highest BCUT2D eigenvalue weighted by molar-refractivity contribution is 14.0. The molecule has 9 heteroatoms. The maximum atomic E-state index is 13.6. The first-order valence-corrected chi connectivity index (χ1v) is 10.4. The van der Waals surface area contributed by atoms with Crippen molar-refractivity contribution in [2.75, 3.05) is 13.1 Å². The second kappa shape index (κ2) is 10.7. The number of aromatic nitrogens is 4. The number of aryl methyl sites for hydroxylation is 1. The molecule has 0 fully saturated rings. The number of rotatable bonds is 6. The minimum Gasteiger partial charge on any atom is -0.361 e. The number of benzene rings is 1. The lowest BCUT2D eigenvalue weighted by molar-refractivity contribution is 0.605. The van der Waals surface area contributed by atoms with E-state index in [1.165, 1.54) is 25.3 Å². The molecule has 1 aromatic carbocycles. The highest BCUT2D eigenvalue weighted by Crippen LogP contribution is 2.19. The summed E-state index contributed by atoms with van der Waals surface area (Å²) >= 11 is 0. The molecule has 0 spiro atoms. The molecule has 2 aromatic heterocycles. The molecule has 1 aliphatic rings. The van der Waals surface area contributed by atoms with Gasteiger partial charge in [0.1, 0.15) is 18.2 Å². The van der Waals surface area contributed by atoms with Crippen LogP contribution >= 0.6 is 24.0 Å². The number of fused-ring (bicyclic) bond motifs is 2. The quantitative estimate of drug-likeness (QED) is 0.261. The molecule has 0 saturated carbocycles. The first kappa shape index (κ1) is 22.5. The lowest BCUT2D eigenvalue weighted by Crippen LogP contribution is -2.38. The van der Waals surface area contributed by atoms with Crippen LogP contribution in [0.1, 0.15) is 43.4 Å². The number of nitrogens with zero attached hydrogens (tertiary/aromatic N) is 4. The van der Waals surface area contributed by atoms with Gasteiger partial charge in [-0.3, -0.25) is 0 Å². The summed E-state index contributed by atoms with van der Waals surface area (Å²) in [5.41, 5.74) is 2.04. The third-order valence-corrected chi connectivity index (χ3v) is 5.33. The van der Waals surface area contributed by atoms with Crippen molar-refractivity contribution in [3.8, 4) is 0 Å². The highest BCUT2D eigenvalue weighted by Gasteiger charge is 2.14. The Morgan fingerprint density at radius 1 is 1.23 bits per heavy atom. The predicted molar refractivity (Wildman–Crippen MR) is 128 cm³/mol. The van der Waals surface area contributed by atoms with Crippen molar-refractivity contribution in [2.24, 2.45) is 4.99 Å². The molecule has 0 bridgehead atoms. The summed E-state index contributed by atoms with van der Waals surface area (Å²) in [4.78, 5) is 7.89.